The van der Waals surface area contributed by atoms with Crippen LogP contribution in [0.4, 0.5) is 0 Å². The molecule has 2 rings (SSSR count). The van der Waals surface area contributed by atoms with Crippen molar-refractivity contribution in [1.29, 1.82) is 0 Å². The molecule has 0 bridgehead atoms. The smallest absolute Gasteiger partial charge is 0.0958 e. The number of thiazole rings is 1. The number of fused-ring (bicyclic) bond motifs is 1. The molecular formula is C9H7BrClNS. The quantitative estimate of drug-likeness (QED) is 0.758. The predicted octanol–water partition coefficient (Wildman–Crippen LogP) is 4.27. The molecule has 0 radical (unpaired) electrons. The number of aromatic nitrogens is 1. The minimum atomic E-state index is 0.755. The monoisotopic (exact) mass is 275 g/mol. The summed E-state index contributed by atoms with van der Waals surface area (Å²) in [5.41, 5.74) is 1.02. The molecule has 1 aromatic carbocycles. The van der Waals surface area contributed by atoms with Crippen LogP contribution in [-0.4, -0.2) is 4.98 Å². The molecule has 0 fully saturated rings. The van der Waals surface area contributed by atoms with E-state index in [4.69, 9.17) is 11.6 Å². The molecule has 0 saturated carbocycles. The maximum Gasteiger partial charge on any atom is 0.0958 e. The van der Waals surface area contributed by atoms with E-state index in [2.05, 4.69) is 27.8 Å². The van der Waals surface area contributed by atoms with Crippen LogP contribution in [0.5, 0.6) is 0 Å². The SMILES string of the molecule is CCc1nc2c(Br)cc(Cl)cc2s1. The fraction of sp³-hybridized carbons (Fsp3) is 0.222. The van der Waals surface area contributed by atoms with Crippen LogP contribution in [0.3, 0.4) is 0 Å². The van der Waals surface area contributed by atoms with Gasteiger partial charge in [-0.3, -0.25) is 0 Å². The molecule has 0 spiro atoms. The van der Waals surface area contributed by atoms with Crippen LogP contribution in [0.15, 0.2) is 16.6 Å². The summed E-state index contributed by atoms with van der Waals surface area (Å²) in [6.45, 7) is 2.10. The second-order valence-electron chi connectivity index (χ2n) is 2.70. The lowest BCUT2D eigenvalue weighted by atomic mass is 10.3. The van der Waals surface area contributed by atoms with Gasteiger partial charge in [0.2, 0.25) is 0 Å². The zero-order valence-electron chi connectivity index (χ0n) is 6.97. The number of benzene rings is 1. The van der Waals surface area contributed by atoms with Crippen molar-refractivity contribution in [3.63, 3.8) is 0 Å². The Morgan fingerprint density at radius 3 is 3.00 bits per heavy atom. The van der Waals surface area contributed by atoms with E-state index in [-0.39, 0.29) is 0 Å². The van der Waals surface area contributed by atoms with Gasteiger partial charge in [0.25, 0.3) is 0 Å². The Morgan fingerprint density at radius 1 is 1.54 bits per heavy atom. The highest BCUT2D eigenvalue weighted by atomic mass is 79.9. The van der Waals surface area contributed by atoms with Crippen LogP contribution in [0, 0.1) is 0 Å². The van der Waals surface area contributed by atoms with Crippen molar-refractivity contribution in [2.45, 2.75) is 13.3 Å². The Bertz CT molecular complexity index is 452. The van der Waals surface area contributed by atoms with E-state index in [1.807, 2.05) is 12.1 Å². The van der Waals surface area contributed by atoms with Crippen molar-refractivity contribution >= 4 is 49.1 Å². The lowest BCUT2D eigenvalue weighted by Gasteiger charge is -1.92. The summed E-state index contributed by atoms with van der Waals surface area (Å²) in [6.07, 6.45) is 0.976. The van der Waals surface area contributed by atoms with Crippen molar-refractivity contribution in [2.75, 3.05) is 0 Å². The Balaban J connectivity index is 2.75. The summed E-state index contributed by atoms with van der Waals surface area (Å²) in [7, 11) is 0. The van der Waals surface area contributed by atoms with Crippen LogP contribution in [0.1, 0.15) is 11.9 Å². The van der Waals surface area contributed by atoms with Crippen molar-refractivity contribution in [2.24, 2.45) is 0 Å². The van der Waals surface area contributed by atoms with Gasteiger partial charge in [-0.2, -0.15) is 0 Å². The molecule has 0 N–H and O–H groups in total. The first kappa shape index (κ1) is 9.44. The van der Waals surface area contributed by atoms with Gasteiger partial charge in [0, 0.05) is 9.50 Å². The topological polar surface area (TPSA) is 12.9 Å². The second kappa shape index (κ2) is 3.56. The molecular weight excluding hydrogens is 270 g/mol. The van der Waals surface area contributed by atoms with Crippen molar-refractivity contribution in [3.8, 4) is 0 Å². The third-order valence-electron chi connectivity index (χ3n) is 1.76. The Morgan fingerprint density at radius 2 is 2.31 bits per heavy atom. The first-order valence-corrected chi connectivity index (χ1v) is 5.94. The minimum absolute atomic E-state index is 0.755. The number of aryl methyl sites for hydroxylation is 1. The molecule has 0 aliphatic carbocycles. The molecule has 0 saturated heterocycles. The van der Waals surface area contributed by atoms with E-state index >= 15 is 0 Å². The summed E-state index contributed by atoms with van der Waals surface area (Å²) in [4.78, 5) is 4.48. The van der Waals surface area contributed by atoms with Crippen LogP contribution in [-0.2, 0) is 6.42 Å². The highest BCUT2D eigenvalue weighted by molar-refractivity contribution is 9.10. The number of halogens is 2. The Kier molecular flexibility index (Phi) is 2.58. The first-order chi connectivity index (χ1) is 6.20. The fourth-order valence-corrected chi connectivity index (χ4v) is 3.22. The highest BCUT2D eigenvalue weighted by Gasteiger charge is 2.06. The van der Waals surface area contributed by atoms with Crippen LogP contribution < -0.4 is 0 Å². The molecule has 0 aliphatic rings. The zero-order valence-corrected chi connectivity index (χ0v) is 10.1. The molecule has 0 unspecified atom stereocenters. The van der Waals surface area contributed by atoms with Gasteiger partial charge in [-0.25, -0.2) is 4.98 Å². The van der Waals surface area contributed by atoms with E-state index in [1.165, 1.54) is 0 Å². The van der Waals surface area contributed by atoms with E-state index < -0.39 is 0 Å². The molecule has 0 aliphatic heterocycles. The van der Waals surface area contributed by atoms with Crippen LogP contribution in [0.2, 0.25) is 5.02 Å². The minimum Gasteiger partial charge on any atom is -0.240 e. The normalized spacial score (nSPS) is 11.0. The fourth-order valence-electron chi connectivity index (χ4n) is 1.15. The summed E-state index contributed by atoms with van der Waals surface area (Å²) >= 11 is 11.1. The average Bonchev–Trinajstić information content (AvgIpc) is 2.47. The lowest BCUT2D eigenvalue weighted by molar-refractivity contribution is 1.11. The largest absolute Gasteiger partial charge is 0.240 e. The van der Waals surface area contributed by atoms with E-state index in [0.717, 1.165) is 31.1 Å². The molecule has 2 aromatic rings. The summed E-state index contributed by atoms with van der Waals surface area (Å²) < 4.78 is 2.13. The number of nitrogens with zero attached hydrogens (tertiary/aromatic N) is 1. The Hall–Kier alpha value is -0.120. The van der Waals surface area contributed by atoms with E-state index in [9.17, 15) is 0 Å². The van der Waals surface area contributed by atoms with Crippen molar-refractivity contribution < 1.29 is 0 Å². The van der Waals surface area contributed by atoms with Gasteiger partial charge in [-0.05, 0) is 34.5 Å². The Labute approximate surface area is 93.9 Å². The van der Waals surface area contributed by atoms with Gasteiger partial charge >= 0.3 is 0 Å². The number of rotatable bonds is 1. The van der Waals surface area contributed by atoms with E-state index in [0.29, 0.717) is 0 Å². The van der Waals surface area contributed by atoms with Gasteiger partial charge in [0.1, 0.15) is 0 Å². The van der Waals surface area contributed by atoms with Crippen LogP contribution in [0.25, 0.3) is 10.2 Å². The zero-order chi connectivity index (χ0) is 9.42. The maximum absolute atomic E-state index is 5.93. The number of hydrogen-bond donors (Lipinski definition) is 0. The van der Waals surface area contributed by atoms with Gasteiger partial charge in [-0.1, -0.05) is 18.5 Å². The predicted molar refractivity (Wildman–Crippen MR) is 61.7 cm³/mol. The molecule has 68 valence electrons. The van der Waals surface area contributed by atoms with Crippen LogP contribution >= 0.6 is 38.9 Å². The summed E-state index contributed by atoms with van der Waals surface area (Å²) in [6, 6.07) is 3.83. The third kappa shape index (κ3) is 1.73. The average molecular weight is 277 g/mol. The summed E-state index contributed by atoms with van der Waals surface area (Å²) in [5.74, 6) is 0. The molecule has 4 heteroatoms. The second-order valence-corrected chi connectivity index (χ2v) is 5.10. The van der Waals surface area contributed by atoms with Crippen molar-refractivity contribution in [1.82, 2.24) is 4.98 Å². The van der Waals surface area contributed by atoms with Crippen molar-refractivity contribution in [3.05, 3.63) is 26.6 Å². The molecule has 13 heavy (non-hydrogen) atoms. The molecule has 0 atom stereocenters. The summed E-state index contributed by atoms with van der Waals surface area (Å²) in [5, 5.41) is 1.91. The lowest BCUT2D eigenvalue weighted by Crippen LogP contribution is -1.75. The van der Waals surface area contributed by atoms with Gasteiger partial charge < -0.3 is 0 Å². The standard InChI is InChI=1S/C9H7BrClNS/c1-2-8-12-9-6(10)3-5(11)4-7(9)13-8/h3-4H,2H2,1H3. The highest BCUT2D eigenvalue weighted by Crippen LogP contribution is 2.31. The third-order valence-corrected chi connectivity index (χ3v) is 3.73. The van der Waals surface area contributed by atoms with Gasteiger partial charge in [0.05, 0.1) is 15.2 Å². The first-order valence-electron chi connectivity index (χ1n) is 3.95. The van der Waals surface area contributed by atoms with Gasteiger partial charge in [0.15, 0.2) is 0 Å². The molecule has 1 heterocycles. The van der Waals surface area contributed by atoms with Gasteiger partial charge in [-0.15, -0.1) is 11.3 Å². The molecule has 1 aromatic heterocycles. The maximum atomic E-state index is 5.93. The van der Waals surface area contributed by atoms with E-state index in [1.54, 1.807) is 11.3 Å². The number of hydrogen-bond acceptors (Lipinski definition) is 2. The molecule has 1 nitrogen and oxygen atoms in total. The molecule has 0 amide bonds.